The first kappa shape index (κ1) is 13.1. The lowest BCUT2D eigenvalue weighted by atomic mass is 9.86. The fraction of sp³-hybridized carbons (Fsp3) is 0.692. The predicted octanol–water partition coefficient (Wildman–Crippen LogP) is 1.72. The number of nitrogens with two attached hydrogens (primary N) is 1. The van der Waals surface area contributed by atoms with Gasteiger partial charge in [-0.2, -0.15) is 4.98 Å². The van der Waals surface area contributed by atoms with Crippen LogP contribution in [-0.2, 0) is 0 Å². The highest BCUT2D eigenvalue weighted by Gasteiger charge is 2.18. The fourth-order valence-electron chi connectivity index (χ4n) is 2.35. The minimum atomic E-state index is 0.400. The maximum atomic E-state index is 5.90. The Morgan fingerprint density at radius 2 is 2.06 bits per heavy atom. The van der Waals surface area contributed by atoms with Crippen LogP contribution in [0.5, 0.6) is 5.88 Å². The van der Waals surface area contributed by atoms with Crippen molar-refractivity contribution in [3.63, 3.8) is 0 Å². The maximum absolute atomic E-state index is 5.90. The quantitative estimate of drug-likeness (QED) is 0.851. The van der Waals surface area contributed by atoms with Gasteiger partial charge in [0.25, 0.3) is 0 Å². The SMILES string of the molecule is COc1cc(C)nc(NCC2CCC(N)CC2)n1. The summed E-state index contributed by atoms with van der Waals surface area (Å²) in [6.45, 7) is 2.86. The van der Waals surface area contributed by atoms with Gasteiger partial charge in [-0.05, 0) is 38.5 Å². The van der Waals surface area contributed by atoms with E-state index in [9.17, 15) is 0 Å². The van der Waals surface area contributed by atoms with Crippen molar-refractivity contribution in [3.8, 4) is 5.88 Å². The van der Waals surface area contributed by atoms with Crippen LogP contribution < -0.4 is 15.8 Å². The molecule has 1 saturated carbocycles. The summed E-state index contributed by atoms with van der Waals surface area (Å²) < 4.78 is 5.13. The molecule has 1 fully saturated rings. The molecule has 0 atom stereocenters. The highest BCUT2D eigenvalue weighted by Crippen LogP contribution is 2.23. The number of nitrogens with one attached hydrogen (secondary N) is 1. The second kappa shape index (κ2) is 6.00. The second-order valence-corrected chi connectivity index (χ2v) is 5.04. The summed E-state index contributed by atoms with van der Waals surface area (Å²) in [6.07, 6.45) is 4.64. The van der Waals surface area contributed by atoms with Crippen LogP contribution in [0.1, 0.15) is 31.4 Å². The van der Waals surface area contributed by atoms with Gasteiger partial charge < -0.3 is 15.8 Å². The summed E-state index contributed by atoms with van der Waals surface area (Å²) in [4.78, 5) is 8.64. The van der Waals surface area contributed by atoms with Crippen molar-refractivity contribution in [1.82, 2.24) is 9.97 Å². The Bertz CT molecular complexity index is 389. The van der Waals surface area contributed by atoms with Crippen LogP contribution in [0.25, 0.3) is 0 Å². The molecule has 18 heavy (non-hydrogen) atoms. The van der Waals surface area contributed by atoms with Gasteiger partial charge in [0.2, 0.25) is 11.8 Å². The third-order valence-corrected chi connectivity index (χ3v) is 3.48. The second-order valence-electron chi connectivity index (χ2n) is 5.04. The molecule has 0 unspecified atom stereocenters. The minimum Gasteiger partial charge on any atom is -0.481 e. The zero-order chi connectivity index (χ0) is 13.0. The zero-order valence-corrected chi connectivity index (χ0v) is 11.1. The molecule has 0 saturated heterocycles. The standard InChI is InChI=1S/C13H22N4O/c1-9-7-12(18-2)17-13(16-9)15-8-10-3-5-11(14)6-4-10/h7,10-11H,3-6,8,14H2,1-2H3,(H,15,16,17). The molecular formula is C13H22N4O. The summed E-state index contributed by atoms with van der Waals surface area (Å²) in [5.74, 6) is 1.94. The average Bonchev–Trinajstić information content (AvgIpc) is 2.37. The number of methoxy groups -OCH3 is 1. The highest BCUT2D eigenvalue weighted by molar-refractivity contribution is 5.30. The zero-order valence-electron chi connectivity index (χ0n) is 11.1. The lowest BCUT2D eigenvalue weighted by Crippen LogP contribution is -2.29. The summed E-state index contributed by atoms with van der Waals surface area (Å²) in [6, 6.07) is 2.22. The molecule has 1 aromatic rings. The van der Waals surface area contributed by atoms with Crippen molar-refractivity contribution in [1.29, 1.82) is 0 Å². The molecule has 1 aliphatic carbocycles. The van der Waals surface area contributed by atoms with Gasteiger partial charge in [-0.3, -0.25) is 0 Å². The van der Waals surface area contributed by atoms with Crippen LogP contribution in [0.4, 0.5) is 5.95 Å². The van der Waals surface area contributed by atoms with E-state index in [0.717, 1.165) is 25.1 Å². The molecule has 0 aromatic carbocycles. The van der Waals surface area contributed by atoms with Gasteiger partial charge in [-0.25, -0.2) is 4.98 Å². The van der Waals surface area contributed by atoms with E-state index in [4.69, 9.17) is 10.5 Å². The van der Waals surface area contributed by atoms with Crippen LogP contribution >= 0.6 is 0 Å². The highest BCUT2D eigenvalue weighted by atomic mass is 16.5. The number of hydrogen-bond donors (Lipinski definition) is 2. The first-order chi connectivity index (χ1) is 8.67. The van der Waals surface area contributed by atoms with Crippen molar-refractivity contribution in [2.24, 2.45) is 11.7 Å². The molecule has 0 amide bonds. The first-order valence-corrected chi connectivity index (χ1v) is 6.56. The molecule has 0 spiro atoms. The molecular weight excluding hydrogens is 228 g/mol. The van der Waals surface area contributed by atoms with Crippen molar-refractivity contribution in [2.75, 3.05) is 19.0 Å². The number of ether oxygens (including phenoxy) is 1. The predicted molar refractivity (Wildman–Crippen MR) is 71.7 cm³/mol. The third-order valence-electron chi connectivity index (χ3n) is 3.48. The van der Waals surface area contributed by atoms with Crippen molar-refractivity contribution >= 4 is 5.95 Å². The number of aryl methyl sites for hydroxylation is 1. The maximum Gasteiger partial charge on any atom is 0.226 e. The molecule has 5 heteroatoms. The monoisotopic (exact) mass is 250 g/mol. The van der Waals surface area contributed by atoms with E-state index in [1.165, 1.54) is 12.8 Å². The Morgan fingerprint density at radius 1 is 1.33 bits per heavy atom. The smallest absolute Gasteiger partial charge is 0.226 e. The normalized spacial score (nSPS) is 23.7. The van der Waals surface area contributed by atoms with Crippen molar-refractivity contribution in [2.45, 2.75) is 38.6 Å². The van der Waals surface area contributed by atoms with E-state index in [1.54, 1.807) is 7.11 Å². The van der Waals surface area contributed by atoms with Crippen molar-refractivity contribution in [3.05, 3.63) is 11.8 Å². The average molecular weight is 250 g/mol. The summed E-state index contributed by atoms with van der Waals surface area (Å²) >= 11 is 0. The molecule has 1 aromatic heterocycles. The number of nitrogens with zero attached hydrogens (tertiary/aromatic N) is 2. The van der Waals surface area contributed by atoms with E-state index in [2.05, 4.69) is 15.3 Å². The minimum absolute atomic E-state index is 0.400. The van der Waals surface area contributed by atoms with Gasteiger partial charge >= 0.3 is 0 Å². The topological polar surface area (TPSA) is 73.1 Å². The number of rotatable bonds is 4. The molecule has 3 N–H and O–H groups in total. The Labute approximate surface area is 108 Å². The van der Waals surface area contributed by atoms with Gasteiger partial charge in [0.15, 0.2) is 0 Å². The Hall–Kier alpha value is -1.36. The first-order valence-electron chi connectivity index (χ1n) is 6.56. The number of anilines is 1. The van der Waals surface area contributed by atoms with Gasteiger partial charge in [0, 0.05) is 24.3 Å². The molecule has 0 radical (unpaired) electrons. The molecule has 0 aliphatic heterocycles. The van der Waals surface area contributed by atoms with E-state index in [-0.39, 0.29) is 0 Å². The van der Waals surface area contributed by atoms with Crippen LogP contribution in [0, 0.1) is 12.8 Å². The van der Waals surface area contributed by atoms with E-state index in [1.807, 2.05) is 13.0 Å². The molecule has 1 aliphatic rings. The van der Waals surface area contributed by atoms with Gasteiger partial charge in [0.1, 0.15) is 0 Å². The largest absolute Gasteiger partial charge is 0.481 e. The Kier molecular flexibility index (Phi) is 4.36. The molecule has 1 heterocycles. The Balaban J connectivity index is 1.88. The Morgan fingerprint density at radius 3 is 2.72 bits per heavy atom. The van der Waals surface area contributed by atoms with Crippen LogP contribution in [0.2, 0.25) is 0 Å². The summed E-state index contributed by atoms with van der Waals surface area (Å²) in [5, 5.41) is 3.30. The summed E-state index contributed by atoms with van der Waals surface area (Å²) in [7, 11) is 1.62. The fourth-order valence-corrected chi connectivity index (χ4v) is 2.35. The van der Waals surface area contributed by atoms with Crippen molar-refractivity contribution < 1.29 is 4.74 Å². The lowest BCUT2D eigenvalue weighted by molar-refractivity contribution is 0.338. The molecule has 5 nitrogen and oxygen atoms in total. The van der Waals surface area contributed by atoms with E-state index >= 15 is 0 Å². The van der Waals surface area contributed by atoms with Gasteiger partial charge in [-0.15, -0.1) is 0 Å². The van der Waals surface area contributed by atoms with Crippen LogP contribution in [0.15, 0.2) is 6.07 Å². The molecule has 100 valence electrons. The lowest BCUT2D eigenvalue weighted by Gasteiger charge is -2.26. The van der Waals surface area contributed by atoms with Gasteiger partial charge in [0.05, 0.1) is 7.11 Å². The van der Waals surface area contributed by atoms with Gasteiger partial charge in [-0.1, -0.05) is 0 Å². The van der Waals surface area contributed by atoms with E-state index < -0.39 is 0 Å². The third kappa shape index (κ3) is 3.57. The number of aromatic nitrogens is 2. The summed E-state index contributed by atoms with van der Waals surface area (Å²) in [5.41, 5.74) is 6.81. The number of hydrogen-bond acceptors (Lipinski definition) is 5. The van der Waals surface area contributed by atoms with Crippen LogP contribution in [0.3, 0.4) is 0 Å². The van der Waals surface area contributed by atoms with Crippen LogP contribution in [-0.4, -0.2) is 29.7 Å². The molecule has 2 rings (SSSR count). The van der Waals surface area contributed by atoms with E-state index in [0.29, 0.717) is 23.8 Å². The molecule has 0 bridgehead atoms.